The van der Waals surface area contributed by atoms with Crippen molar-refractivity contribution >= 4 is 38.4 Å². The molecule has 0 bridgehead atoms. The van der Waals surface area contributed by atoms with Crippen LogP contribution in [-0.2, 0) is 0 Å². The first-order chi connectivity index (χ1) is 13.5. The molecule has 6 nitrogen and oxygen atoms in total. The minimum Gasteiger partial charge on any atom is -0.423 e. The number of thiazole rings is 1. The molecule has 4 rings (SSSR count). The molecule has 144 valence electrons. The van der Waals surface area contributed by atoms with Crippen LogP contribution in [0.2, 0.25) is 0 Å². The molecule has 0 N–H and O–H groups in total. The monoisotopic (exact) mass is 395 g/mol. The van der Waals surface area contributed by atoms with Crippen LogP contribution in [0.15, 0.2) is 42.5 Å². The number of fused-ring (bicyclic) bond motifs is 1. The number of piperazine rings is 1. The number of esters is 1. The lowest BCUT2D eigenvalue weighted by Gasteiger charge is -2.31. The maximum absolute atomic E-state index is 12.4. The quantitative estimate of drug-likeness (QED) is 0.383. The van der Waals surface area contributed by atoms with E-state index in [1.165, 1.54) is 6.92 Å². The number of Topliss-reactive ketones (excluding diaryl/α,β-unsaturated/α-hetero) is 1. The lowest BCUT2D eigenvalue weighted by atomic mass is 10.1. The number of likely N-dealkylation sites (N-methyl/N-ethyl adjacent to an activating group) is 1. The van der Waals surface area contributed by atoms with Gasteiger partial charge in [0.15, 0.2) is 10.9 Å². The lowest BCUT2D eigenvalue weighted by molar-refractivity contribution is 0.0734. The van der Waals surface area contributed by atoms with Crippen molar-refractivity contribution in [3.63, 3.8) is 0 Å². The summed E-state index contributed by atoms with van der Waals surface area (Å²) in [5, 5.41) is 1.01. The molecule has 0 aliphatic carbocycles. The van der Waals surface area contributed by atoms with Crippen molar-refractivity contribution in [2.45, 2.75) is 6.92 Å². The topological polar surface area (TPSA) is 62.7 Å². The van der Waals surface area contributed by atoms with Gasteiger partial charge in [-0.05, 0) is 38.2 Å². The Labute approximate surface area is 167 Å². The zero-order valence-electron chi connectivity index (χ0n) is 15.8. The maximum Gasteiger partial charge on any atom is 0.343 e. The number of carbonyl (C=O) groups is 2. The number of hydrogen-bond acceptors (Lipinski definition) is 7. The van der Waals surface area contributed by atoms with E-state index in [-0.39, 0.29) is 5.78 Å². The van der Waals surface area contributed by atoms with Gasteiger partial charge >= 0.3 is 5.97 Å². The predicted molar refractivity (Wildman–Crippen MR) is 111 cm³/mol. The van der Waals surface area contributed by atoms with Crippen LogP contribution in [0.4, 0.5) is 5.13 Å². The van der Waals surface area contributed by atoms with Crippen LogP contribution in [0.1, 0.15) is 27.6 Å². The van der Waals surface area contributed by atoms with Gasteiger partial charge in [0, 0.05) is 37.8 Å². The summed E-state index contributed by atoms with van der Waals surface area (Å²) in [4.78, 5) is 33.1. The second-order valence-corrected chi connectivity index (χ2v) is 7.95. The Morgan fingerprint density at radius 1 is 1.00 bits per heavy atom. The molecule has 0 amide bonds. The van der Waals surface area contributed by atoms with Gasteiger partial charge in [-0.15, -0.1) is 0 Å². The average molecular weight is 395 g/mol. The molecule has 1 aromatic heterocycles. The van der Waals surface area contributed by atoms with Crippen LogP contribution in [-0.4, -0.2) is 54.9 Å². The number of aromatic nitrogens is 1. The van der Waals surface area contributed by atoms with Crippen molar-refractivity contribution in [1.29, 1.82) is 0 Å². The predicted octanol–water partition coefficient (Wildman–Crippen LogP) is 3.47. The Balaban J connectivity index is 1.49. The van der Waals surface area contributed by atoms with E-state index in [9.17, 15) is 9.59 Å². The summed E-state index contributed by atoms with van der Waals surface area (Å²) in [5.74, 6) is 0.00620. The van der Waals surface area contributed by atoms with E-state index in [0.29, 0.717) is 16.9 Å². The van der Waals surface area contributed by atoms with Gasteiger partial charge in [-0.3, -0.25) is 4.79 Å². The molecule has 0 spiro atoms. The van der Waals surface area contributed by atoms with Gasteiger partial charge in [0.05, 0.1) is 15.8 Å². The van der Waals surface area contributed by atoms with Crippen molar-refractivity contribution in [2.75, 3.05) is 38.1 Å². The van der Waals surface area contributed by atoms with Crippen LogP contribution in [0.25, 0.3) is 10.2 Å². The van der Waals surface area contributed by atoms with Gasteiger partial charge in [-0.1, -0.05) is 23.5 Å². The normalized spacial score (nSPS) is 15.0. The SMILES string of the molecule is CC(=O)c1ccc(C(=O)Oc2ccc3nc(N4CCN(C)CC4)sc3c2)cc1. The Bertz CT molecular complexity index is 1020. The molecule has 1 aliphatic rings. The third-order valence-corrected chi connectivity index (χ3v) is 5.94. The lowest BCUT2D eigenvalue weighted by Crippen LogP contribution is -2.44. The number of hydrogen-bond donors (Lipinski definition) is 0. The summed E-state index contributed by atoms with van der Waals surface area (Å²) >= 11 is 1.61. The fourth-order valence-corrected chi connectivity index (χ4v) is 4.14. The summed E-state index contributed by atoms with van der Waals surface area (Å²) in [6.07, 6.45) is 0. The molecule has 0 radical (unpaired) electrons. The molecule has 2 heterocycles. The Morgan fingerprint density at radius 3 is 2.36 bits per heavy atom. The van der Waals surface area contributed by atoms with Crippen LogP contribution < -0.4 is 9.64 Å². The van der Waals surface area contributed by atoms with E-state index in [1.54, 1.807) is 41.7 Å². The number of rotatable bonds is 4. The van der Waals surface area contributed by atoms with E-state index >= 15 is 0 Å². The summed E-state index contributed by atoms with van der Waals surface area (Å²) < 4.78 is 6.50. The number of anilines is 1. The molecule has 28 heavy (non-hydrogen) atoms. The van der Waals surface area contributed by atoms with E-state index in [4.69, 9.17) is 9.72 Å². The van der Waals surface area contributed by atoms with Crippen molar-refractivity contribution in [3.8, 4) is 5.75 Å². The number of ether oxygens (including phenoxy) is 1. The second kappa shape index (κ2) is 7.69. The van der Waals surface area contributed by atoms with E-state index in [0.717, 1.165) is 41.5 Å². The maximum atomic E-state index is 12.4. The highest BCUT2D eigenvalue weighted by Crippen LogP contribution is 2.32. The van der Waals surface area contributed by atoms with Crippen LogP contribution in [0, 0.1) is 0 Å². The van der Waals surface area contributed by atoms with Crippen LogP contribution in [0.5, 0.6) is 5.75 Å². The first-order valence-corrected chi connectivity index (χ1v) is 9.98. The first kappa shape index (κ1) is 18.6. The van der Waals surface area contributed by atoms with E-state index in [1.807, 2.05) is 12.1 Å². The standard InChI is InChI=1S/C21H21N3O3S/c1-14(25)15-3-5-16(6-4-15)20(26)27-17-7-8-18-19(13-17)28-21(22-18)24-11-9-23(2)10-12-24/h3-8,13H,9-12H2,1-2H3. The highest BCUT2D eigenvalue weighted by atomic mass is 32.1. The molecule has 2 aromatic carbocycles. The number of nitrogens with zero attached hydrogens (tertiary/aromatic N) is 3. The third-order valence-electron chi connectivity index (χ3n) is 4.86. The van der Waals surface area contributed by atoms with Crippen molar-refractivity contribution in [1.82, 2.24) is 9.88 Å². The summed E-state index contributed by atoms with van der Waals surface area (Å²) in [7, 11) is 2.13. The Hall–Kier alpha value is -2.77. The van der Waals surface area contributed by atoms with Gasteiger partial charge in [0.1, 0.15) is 5.75 Å². The fraction of sp³-hybridized carbons (Fsp3) is 0.286. The van der Waals surface area contributed by atoms with Gasteiger partial charge in [-0.25, -0.2) is 9.78 Å². The molecule has 1 saturated heterocycles. The summed E-state index contributed by atoms with van der Waals surface area (Å²) in [5.41, 5.74) is 1.89. The number of benzene rings is 2. The number of carbonyl (C=O) groups excluding carboxylic acids is 2. The average Bonchev–Trinajstić information content (AvgIpc) is 3.12. The minimum atomic E-state index is -0.446. The van der Waals surface area contributed by atoms with Gasteiger partial charge in [-0.2, -0.15) is 0 Å². The fourth-order valence-electron chi connectivity index (χ4n) is 3.10. The third kappa shape index (κ3) is 3.90. The van der Waals surface area contributed by atoms with Crippen molar-refractivity contribution in [2.24, 2.45) is 0 Å². The zero-order valence-corrected chi connectivity index (χ0v) is 16.7. The van der Waals surface area contributed by atoms with Gasteiger partial charge in [0.2, 0.25) is 0 Å². The Morgan fingerprint density at radius 2 is 1.68 bits per heavy atom. The molecular weight excluding hydrogens is 374 g/mol. The molecule has 7 heteroatoms. The number of ketones is 1. The highest BCUT2D eigenvalue weighted by Gasteiger charge is 2.18. The van der Waals surface area contributed by atoms with E-state index in [2.05, 4.69) is 16.8 Å². The molecule has 1 aliphatic heterocycles. The molecular formula is C21H21N3O3S. The molecule has 0 unspecified atom stereocenters. The molecule has 1 fully saturated rings. The van der Waals surface area contributed by atoms with Crippen molar-refractivity contribution < 1.29 is 14.3 Å². The van der Waals surface area contributed by atoms with Gasteiger partial charge < -0.3 is 14.5 Å². The van der Waals surface area contributed by atoms with Gasteiger partial charge in [0.25, 0.3) is 0 Å². The Kier molecular flexibility index (Phi) is 5.11. The largest absolute Gasteiger partial charge is 0.423 e. The molecule has 0 saturated carbocycles. The minimum absolute atomic E-state index is 0.0354. The first-order valence-electron chi connectivity index (χ1n) is 9.17. The van der Waals surface area contributed by atoms with Crippen LogP contribution >= 0.6 is 11.3 Å². The zero-order chi connectivity index (χ0) is 19.7. The molecule has 0 atom stereocenters. The second-order valence-electron chi connectivity index (χ2n) is 6.94. The smallest absolute Gasteiger partial charge is 0.343 e. The van der Waals surface area contributed by atoms with Crippen LogP contribution in [0.3, 0.4) is 0 Å². The summed E-state index contributed by atoms with van der Waals surface area (Å²) in [6, 6.07) is 12.0. The summed E-state index contributed by atoms with van der Waals surface area (Å²) in [6.45, 7) is 5.49. The highest BCUT2D eigenvalue weighted by molar-refractivity contribution is 7.22. The molecule has 3 aromatic rings. The van der Waals surface area contributed by atoms with E-state index < -0.39 is 5.97 Å². The van der Waals surface area contributed by atoms with Crippen molar-refractivity contribution in [3.05, 3.63) is 53.6 Å².